The van der Waals surface area contributed by atoms with Crippen molar-refractivity contribution in [2.45, 2.75) is 45.1 Å². The van der Waals surface area contributed by atoms with Gasteiger partial charge in [-0.05, 0) is 19.4 Å². The average Bonchev–Trinajstić information content (AvgIpc) is 2.06. The van der Waals surface area contributed by atoms with Gasteiger partial charge in [-0.3, -0.25) is 9.69 Å². The maximum atomic E-state index is 12.8. The third kappa shape index (κ3) is 3.86. The highest BCUT2D eigenvalue weighted by molar-refractivity contribution is 5.79. The molecule has 0 aliphatic heterocycles. The van der Waals surface area contributed by atoms with Crippen molar-refractivity contribution >= 4 is 5.78 Å². The molecule has 2 nitrogen and oxygen atoms in total. The van der Waals surface area contributed by atoms with E-state index in [9.17, 15) is 13.6 Å². The van der Waals surface area contributed by atoms with Crippen LogP contribution in [0.1, 0.15) is 33.1 Å². The van der Waals surface area contributed by atoms with Gasteiger partial charge < -0.3 is 0 Å². The normalized spacial score (nSPS) is 28.5. The maximum Gasteiger partial charge on any atom is 0.257 e. The Morgan fingerprint density at radius 1 is 1.53 bits per heavy atom. The molecule has 2 unspecified atom stereocenters. The number of rotatable bonds is 3. The summed E-state index contributed by atoms with van der Waals surface area (Å²) in [6.07, 6.45) is 1.85. The van der Waals surface area contributed by atoms with E-state index in [0.717, 1.165) is 13.3 Å². The van der Waals surface area contributed by atoms with Crippen LogP contribution in [0.15, 0.2) is 0 Å². The van der Waals surface area contributed by atoms with Crippen LogP contribution in [-0.4, -0.2) is 36.2 Å². The van der Waals surface area contributed by atoms with Crippen molar-refractivity contribution < 1.29 is 13.6 Å². The number of alkyl halides is 2. The second-order valence-electron chi connectivity index (χ2n) is 4.81. The molecule has 0 radical (unpaired) electrons. The predicted molar refractivity (Wildman–Crippen MR) is 55.1 cm³/mol. The first kappa shape index (κ1) is 12.6. The zero-order valence-electron chi connectivity index (χ0n) is 9.59. The molecule has 1 saturated carbocycles. The predicted octanol–water partition coefficient (Wildman–Crippen LogP) is 2.33. The van der Waals surface area contributed by atoms with Crippen LogP contribution in [0.25, 0.3) is 0 Å². The second kappa shape index (κ2) is 4.56. The SMILES string of the molecule is CC1CCC(=O)CC1N(C)CC(C)(F)F. The number of halogens is 2. The minimum atomic E-state index is -2.69. The Hall–Kier alpha value is -0.510. The first-order valence-electron chi connectivity index (χ1n) is 5.39. The van der Waals surface area contributed by atoms with Crippen LogP contribution in [0.4, 0.5) is 8.78 Å². The van der Waals surface area contributed by atoms with Crippen LogP contribution in [0.3, 0.4) is 0 Å². The first-order chi connectivity index (χ1) is 6.79. The number of hydrogen-bond acceptors (Lipinski definition) is 2. The molecule has 88 valence electrons. The Kier molecular flexibility index (Phi) is 3.82. The van der Waals surface area contributed by atoms with Gasteiger partial charge in [0, 0.05) is 25.8 Å². The van der Waals surface area contributed by atoms with E-state index in [-0.39, 0.29) is 18.4 Å². The molecule has 0 heterocycles. The van der Waals surface area contributed by atoms with Gasteiger partial charge in [0.2, 0.25) is 0 Å². The average molecular weight is 219 g/mol. The topological polar surface area (TPSA) is 20.3 Å². The van der Waals surface area contributed by atoms with Gasteiger partial charge in [-0.15, -0.1) is 0 Å². The van der Waals surface area contributed by atoms with E-state index in [4.69, 9.17) is 0 Å². The summed E-state index contributed by atoms with van der Waals surface area (Å²) >= 11 is 0. The number of Topliss-reactive ketones (excluding diaryl/α,β-unsaturated/α-hetero) is 1. The Morgan fingerprint density at radius 3 is 2.67 bits per heavy atom. The van der Waals surface area contributed by atoms with E-state index in [0.29, 0.717) is 18.8 Å². The lowest BCUT2D eigenvalue weighted by Crippen LogP contribution is -2.45. The highest BCUT2D eigenvalue weighted by Gasteiger charge is 2.33. The van der Waals surface area contributed by atoms with Crippen molar-refractivity contribution in [2.24, 2.45) is 5.92 Å². The molecule has 15 heavy (non-hydrogen) atoms. The molecule has 1 rings (SSSR count). The van der Waals surface area contributed by atoms with Gasteiger partial charge >= 0.3 is 0 Å². The lowest BCUT2D eigenvalue weighted by molar-refractivity contribution is -0.124. The Balaban J connectivity index is 2.57. The summed E-state index contributed by atoms with van der Waals surface area (Å²) in [5.74, 6) is -2.16. The maximum absolute atomic E-state index is 12.8. The summed E-state index contributed by atoms with van der Waals surface area (Å²) in [5.41, 5.74) is 0. The lowest BCUT2D eigenvalue weighted by Gasteiger charge is -2.36. The fourth-order valence-electron chi connectivity index (χ4n) is 2.26. The van der Waals surface area contributed by atoms with E-state index in [1.165, 1.54) is 0 Å². The molecule has 1 aliphatic carbocycles. The van der Waals surface area contributed by atoms with E-state index in [1.807, 2.05) is 6.92 Å². The van der Waals surface area contributed by atoms with Crippen LogP contribution in [0.2, 0.25) is 0 Å². The molecular weight excluding hydrogens is 200 g/mol. The largest absolute Gasteiger partial charge is 0.300 e. The zero-order valence-corrected chi connectivity index (χ0v) is 9.59. The van der Waals surface area contributed by atoms with E-state index in [2.05, 4.69) is 0 Å². The van der Waals surface area contributed by atoms with Gasteiger partial charge in [0.15, 0.2) is 0 Å². The third-order valence-electron chi connectivity index (χ3n) is 3.07. The van der Waals surface area contributed by atoms with Gasteiger partial charge in [-0.1, -0.05) is 6.92 Å². The van der Waals surface area contributed by atoms with Crippen molar-refractivity contribution in [3.63, 3.8) is 0 Å². The first-order valence-corrected chi connectivity index (χ1v) is 5.39. The van der Waals surface area contributed by atoms with Gasteiger partial charge in [0.05, 0.1) is 6.54 Å². The number of carbonyl (C=O) groups excluding carboxylic acids is 1. The van der Waals surface area contributed by atoms with Crippen molar-refractivity contribution in [2.75, 3.05) is 13.6 Å². The summed E-state index contributed by atoms with van der Waals surface area (Å²) in [5, 5.41) is 0. The Morgan fingerprint density at radius 2 is 2.13 bits per heavy atom. The summed E-state index contributed by atoms with van der Waals surface area (Å²) < 4.78 is 25.7. The number of hydrogen-bond donors (Lipinski definition) is 0. The number of carbonyl (C=O) groups is 1. The highest BCUT2D eigenvalue weighted by Crippen LogP contribution is 2.27. The molecular formula is C11H19F2NO. The van der Waals surface area contributed by atoms with Crippen molar-refractivity contribution in [1.82, 2.24) is 4.90 Å². The minimum absolute atomic E-state index is 0.0166. The van der Waals surface area contributed by atoms with E-state index in [1.54, 1.807) is 11.9 Å². The molecule has 0 amide bonds. The molecule has 0 aromatic carbocycles. The fourth-order valence-corrected chi connectivity index (χ4v) is 2.26. The lowest BCUT2D eigenvalue weighted by atomic mass is 9.84. The van der Waals surface area contributed by atoms with Crippen molar-refractivity contribution in [3.8, 4) is 0 Å². The summed E-state index contributed by atoms with van der Waals surface area (Å²) in [4.78, 5) is 12.9. The minimum Gasteiger partial charge on any atom is -0.300 e. The van der Waals surface area contributed by atoms with E-state index >= 15 is 0 Å². The van der Waals surface area contributed by atoms with Crippen molar-refractivity contribution in [3.05, 3.63) is 0 Å². The molecule has 0 spiro atoms. The monoisotopic (exact) mass is 219 g/mol. The number of nitrogens with zero attached hydrogens (tertiary/aromatic N) is 1. The van der Waals surface area contributed by atoms with Gasteiger partial charge in [-0.25, -0.2) is 8.78 Å². The fraction of sp³-hybridized carbons (Fsp3) is 0.909. The molecule has 1 aliphatic rings. The molecule has 0 saturated heterocycles. The standard InChI is InChI=1S/C11H19F2NO/c1-8-4-5-9(15)6-10(8)14(3)7-11(2,12)13/h8,10H,4-7H2,1-3H3. The summed E-state index contributed by atoms with van der Waals surface area (Å²) in [6.45, 7) is 2.68. The molecule has 0 N–H and O–H groups in total. The molecule has 0 bridgehead atoms. The second-order valence-corrected chi connectivity index (χ2v) is 4.81. The molecule has 1 fully saturated rings. The quantitative estimate of drug-likeness (QED) is 0.726. The van der Waals surface area contributed by atoms with Gasteiger partial charge in [0.1, 0.15) is 5.78 Å². The molecule has 4 heteroatoms. The van der Waals surface area contributed by atoms with Crippen LogP contribution in [0, 0.1) is 5.92 Å². The van der Waals surface area contributed by atoms with Crippen LogP contribution in [-0.2, 0) is 4.79 Å². The summed E-state index contributed by atoms with van der Waals surface area (Å²) in [6, 6.07) is -0.0166. The van der Waals surface area contributed by atoms with Crippen LogP contribution in [0.5, 0.6) is 0 Å². The molecule has 0 aromatic heterocycles. The summed E-state index contributed by atoms with van der Waals surface area (Å²) in [7, 11) is 1.68. The zero-order chi connectivity index (χ0) is 11.6. The van der Waals surface area contributed by atoms with Gasteiger partial charge in [0.25, 0.3) is 5.92 Å². The molecule has 0 aromatic rings. The third-order valence-corrected chi connectivity index (χ3v) is 3.07. The van der Waals surface area contributed by atoms with Gasteiger partial charge in [-0.2, -0.15) is 0 Å². The van der Waals surface area contributed by atoms with Crippen LogP contribution < -0.4 is 0 Å². The number of ketones is 1. The molecule has 2 atom stereocenters. The van der Waals surface area contributed by atoms with Crippen LogP contribution >= 0.6 is 0 Å². The van der Waals surface area contributed by atoms with Crippen molar-refractivity contribution in [1.29, 1.82) is 0 Å². The highest BCUT2D eigenvalue weighted by atomic mass is 19.3. The Bertz CT molecular complexity index is 237. The smallest absolute Gasteiger partial charge is 0.257 e. The Labute approximate surface area is 89.6 Å². The van der Waals surface area contributed by atoms with E-state index < -0.39 is 5.92 Å².